The van der Waals surface area contributed by atoms with E-state index in [0.717, 1.165) is 17.6 Å². The number of likely N-dealkylation sites (N-methyl/N-ethyl adjacent to an activating group) is 1. The molecule has 1 atom stereocenters. The van der Waals surface area contributed by atoms with Crippen molar-refractivity contribution in [1.82, 2.24) is 10.6 Å². The number of hydrogen-bond acceptors (Lipinski definition) is 2. The Morgan fingerprint density at radius 2 is 1.94 bits per heavy atom. The van der Waals surface area contributed by atoms with Gasteiger partial charge in [-0.05, 0) is 30.2 Å². The van der Waals surface area contributed by atoms with E-state index in [1.807, 2.05) is 12.1 Å². The number of nitrogens with one attached hydrogen (secondary N) is 2. The van der Waals surface area contributed by atoms with E-state index in [0.29, 0.717) is 13.0 Å². The fourth-order valence-corrected chi connectivity index (χ4v) is 1.99. The Balaban J connectivity index is 2.33. The Morgan fingerprint density at radius 3 is 2.56 bits per heavy atom. The van der Waals surface area contributed by atoms with E-state index in [1.165, 1.54) is 5.56 Å². The molecule has 1 aromatic carbocycles. The summed E-state index contributed by atoms with van der Waals surface area (Å²) in [4.78, 5) is 11.7. The first kappa shape index (κ1) is 15.2. The molecule has 0 aliphatic rings. The van der Waals surface area contributed by atoms with Crippen molar-refractivity contribution in [3.05, 3.63) is 34.3 Å². The summed E-state index contributed by atoms with van der Waals surface area (Å²) in [5.41, 5.74) is 1.19. The van der Waals surface area contributed by atoms with E-state index in [2.05, 4.69) is 52.5 Å². The topological polar surface area (TPSA) is 41.1 Å². The van der Waals surface area contributed by atoms with Crippen LogP contribution >= 0.6 is 15.9 Å². The highest BCUT2D eigenvalue weighted by atomic mass is 79.9. The Bertz CT molecular complexity index is 365. The normalized spacial score (nSPS) is 12.2. The van der Waals surface area contributed by atoms with Gasteiger partial charge in [-0.15, -0.1) is 0 Å². The molecule has 100 valence electrons. The molecule has 0 saturated carbocycles. The minimum Gasteiger partial charge on any atom is -0.355 e. The van der Waals surface area contributed by atoms with Crippen LogP contribution in [-0.2, 0) is 4.79 Å². The summed E-state index contributed by atoms with van der Waals surface area (Å²) in [6.07, 6.45) is 0.535. The van der Waals surface area contributed by atoms with Crippen molar-refractivity contribution in [1.29, 1.82) is 0 Å². The van der Waals surface area contributed by atoms with Gasteiger partial charge in [0.15, 0.2) is 0 Å². The molecule has 0 aromatic heterocycles. The third-order valence-electron chi connectivity index (χ3n) is 2.80. The first-order valence-electron chi connectivity index (χ1n) is 6.36. The Labute approximate surface area is 117 Å². The molecule has 18 heavy (non-hydrogen) atoms. The van der Waals surface area contributed by atoms with Crippen LogP contribution in [0.2, 0.25) is 0 Å². The average molecular weight is 313 g/mol. The molecular weight excluding hydrogens is 292 g/mol. The maximum atomic E-state index is 11.7. The number of halogens is 1. The number of hydrogen-bond donors (Lipinski definition) is 2. The molecule has 2 N–H and O–H groups in total. The third kappa shape index (κ3) is 5.65. The van der Waals surface area contributed by atoms with E-state index in [-0.39, 0.29) is 11.8 Å². The second-order valence-electron chi connectivity index (χ2n) is 4.36. The summed E-state index contributed by atoms with van der Waals surface area (Å²) in [6, 6.07) is 8.13. The van der Waals surface area contributed by atoms with Crippen LogP contribution in [0, 0.1) is 0 Å². The smallest absolute Gasteiger partial charge is 0.220 e. The highest BCUT2D eigenvalue weighted by Crippen LogP contribution is 2.20. The molecule has 0 spiro atoms. The van der Waals surface area contributed by atoms with E-state index in [1.54, 1.807) is 0 Å². The van der Waals surface area contributed by atoms with Crippen molar-refractivity contribution >= 4 is 21.8 Å². The lowest BCUT2D eigenvalue weighted by Crippen LogP contribution is -2.32. The van der Waals surface area contributed by atoms with Gasteiger partial charge in [0.1, 0.15) is 0 Å². The van der Waals surface area contributed by atoms with Crippen LogP contribution in [0.1, 0.15) is 31.7 Å². The first-order valence-corrected chi connectivity index (χ1v) is 7.15. The fourth-order valence-electron chi connectivity index (χ4n) is 1.73. The zero-order chi connectivity index (χ0) is 13.4. The van der Waals surface area contributed by atoms with E-state index in [4.69, 9.17) is 0 Å². The van der Waals surface area contributed by atoms with Crippen molar-refractivity contribution in [3.8, 4) is 0 Å². The number of amides is 1. The number of benzene rings is 1. The van der Waals surface area contributed by atoms with Crippen LogP contribution in [0.5, 0.6) is 0 Å². The third-order valence-corrected chi connectivity index (χ3v) is 3.33. The van der Waals surface area contributed by atoms with Crippen molar-refractivity contribution < 1.29 is 4.79 Å². The molecule has 1 amide bonds. The SMILES string of the molecule is CCNCCNC(=O)CC(C)c1ccc(Br)cc1. The van der Waals surface area contributed by atoms with Gasteiger partial charge in [0, 0.05) is 24.0 Å². The predicted molar refractivity (Wildman–Crippen MR) is 78.7 cm³/mol. The van der Waals surface area contributed by atoms with Crippen molar-refractivity contribution in [2.45, 2.75) is 26.2 Å². The molecule has 0 heterocycles. The quantitative estimate of drug-likeness (QED) is 0.760. The summed E-state index contributed by atoms with van der Waals surface area (Å²) in [5, 5.41) is 6.09. The summed E-state index contributed by atoms with van der Waals surface area (Å²) < 4.78 is 1.06. The predicted octanol–water partition coefficient (Wildman–Crippen LogP) is 2.67. The second kappa shape index (κ2) is 8.27. The van der Waals surface area contributed by atoms with Gasteiger partial charge in [0.25, 0.3) is 0 Å². The van der Waals surface area contributed by atoms with Crippen molar-refractivity contribution in [2.75, 3.05) is 19.6 Å². The monoisotopic (exact) mass is 312 g/mol. The molecular formula is C14H21BrN2O. The lowest BCUT2D eigenvalue weighted by molar-refractivity contribution is -0.121. The van der Waals surface area contributed by atoms with Crippen LogP contribution in [0.3, 0.4) is 0 Å². The zero-order valence-electron chi connectivity index (χ0n) is 11.0. The standard InChI is InChI=1S/C14H21BrN2O/c1-3-16-8-9-17-14(18)10-11(2)12-4-6-13(15)7-5-12/h4-7,11,16H,3,8-10H2,1-2H3,(H,17,18). The Morgan fingerprint density at radius 1 is 1.28 bits per heavy atom. The van der Waals surface area contributed by atoms with Crippen LogP contribution in [0.4, 0.5) is 0 Å². The molecule has 1 aromatic rings. The van der Waals surface area contributed by atoms with Crippen LogP contribution in [0.25, 0.3) is 0 Å². The molecule has 0 aliphatic carbocycles. The molecule has 4 heteroatoms. The highest BCUT2D eigenvalue weighted by Gasteiger charge is 2.10. The summed E-state index contributed by atoms with van der Waals surface area (Å²) in [6.45, 7) is 6.59. The zero-order valence-corrected chi connectivity index (χ0v) is 12.6. The van der Waals surface area contributed by atoms with E-state index >= 15 is 0 Å². The second-order valence-corrected chi connectivity index (χ2v) is 5.28. The summed E-state index contributed by atoms with van der Waals surface area (Å²) >= 11 is 3.41. The van der Waals surface area contributed by atoms with Gasteiger partial charge in [-0.25, -0.2) is 0 Å². The average Bonchev–Trinajstić information content (AvgIpc) is 2.35. The molecule has 0 bridgehead atoms. The van der Waals surface area contributed by atoms with Gasteiger partial charge in [-0.3, -0.25) is 4.79 Å². The maximum absolute atomic E-state index is 11.7. The van der Waals surface area contributed by atoms with Gasteiger partial charge < -0.3 is 10.6 Å². The molecule has 0 fully saturated rings. The van der Waals surface area contributed by atoms with E-state index in [9.17, 15) is 4.79 Å². The summed E-state index contributed by atoms with van der Waals surface area (Å²) in [5.74, 6) is 0.362. The Kier molecular flexibility index (Phi) is 6.98. The molecule has 0 aliphatic heterocycles. The maximum Gasteiger partial charge on any atom is 0.220 e. The number of rotatable bonds is 7. The van der Waals surface area contributed by atoms with Gasteiger partial charge in [-0.1, -0.05) is 41.9 Å². The van der Waals surface area contributed by atoms with Crippen molar-refractivity contribution in [3.63, 3.8) is 0 Å². The molecule has 1 rings (SSSR count). The van der Waals surface area contributed by atoms with Gasteiger partial charge in [0.05, 0.1) is 0 Å². The summed E-state index contributed by atoms with van der Waals surface area (Å²) in [7, 11) is 0. The van der Waals surface area contributed by atoms with Gasteiger partial charge in [-0.2, -0.15) is 0 Å². The Hall–Kier alpha value is -0.870. The molecule has 3 nitrogen and oxygen atoms in total. The fraction of sp³-hybridized carbons (Fsp3) is 0.500. The lowest BCUT2D eigenvalue weighted by atomic mass is 9.98. The highest BCUT2D eigenvalue weighted by molar-refractivity contribution is 9.10. The van der Waals surface area contributed by atoms with Crippen LogP contribution < -0.4 is 10.6 Å². The number of carbonyl (C=O) groups is 1. The first-order chi connectivity index (χ1) is 8.63. The van der Waals surface area contributed by atoms with Gasteiger partial charge >= 0.3 is 0 Å². The van der Waals surface area contributed by atoms with Crippen LogP contribution in [-0.4, -0.2) is 25.5 Å². The van der Waals surface area contributed by atoms with E-state index < -0.39 is 0 Å². The minimum atomic E-state index is 0.114. The lowest BCUT2D eigenvalue weighted by Gasteiger charge is -2.12. The molecule has 1 unspecified atom stereocenters. The number of carbonyl (C=O) groups excluding carboxylic acids is 1. The largest absolute Gasteiger partial charge is 0.355 e. The van der Waals surface area contributed by atoms with Crippen molar-refractivity contribution in [2.24, 2.45) is 0 Å². The molecule has 0 radical (unpaired) electrons. The van der Waals surface area contributed by atoms with Gasteiger partial charge in [0.2, 0.25) is 5.91 Å². The van der Waals surface area contributed by atoms with Crippen LogP contribution in [0.15, 0.2) is 28.7 Å². The molecule has 0 saturated heterocycles. The minimum absolute atomic E-state index is 0.114.